The minimum absolute atomic E-state index is 0.114. The summed E-state index contributed by atoms with van der Waals surface area (Å²) in [6.07, 6.45) is -4.47. The molecule has 160 valence electrons. The van der Waals surface area contributed by atoms with Gasteiger partial charge in [0, 0.05) is 11.5 Å². The fraction of sp³-hybridized carbons (Fsp3) is 0.0833. The molecule has 3 aromatic carbocycles. The Kier molecular flexibility index (Phi) is 4.70. The van der Waals surface area contributed by atoms with E-state index >= 15 is 0 Å². The number of rotatable bonds is 3. The lowest BCUT2D eigenvalue weighted by Gasteiger charge is -2.07. The Balaban J connectivity index is 1.77. The fourth-order valence-electron chi connectivity index (χ4n) is 3.43. The molecule has 5 nitrogen and oxygen atoms in total. The zero-order valence-electron chi connectivity index (χ0n) is 16.8. The molecular formula is C24H16F3N3O2. The van der Waals surface area contributed by atoms with E-state index in [9.17, 15) is 13.2 Å². The molecule has 32 heavy (non-hydrogen) atoms. The second-order valence-electron chi connectivity index (χ2n) is 7.13. The largest absolute Gasteiger partial charge is 0.497 e. The van der Waals surface area contributed by atoms with Crippen LogP contribution in [0.3, 0.4) is 0 Å². The van der Waals surface area contributed by atoms with Crippen molar-refractivity contribution in [2.75, 3.05) is 7.11 Å². The van der Waals surface area contributed by atoms with Crippen LogP contribution in [-0.2, 0) is 6.18 Å². The molecule has 0 fully saturated rings. The molecule has 0 amide bonds. The molecule has 0 saturated carbocycles. The van der Waals surface area contributed by atoms with E-state index in [0.29, 0.717) is 22.7 Å². The zero-order chi connectivity index (χ0) is 22.3. The first kappa shape index (κ1) is 19.9. The van der Waals surface area contributed by atoms with E-state index in [1.165, 1.54) is 19.2 Å². The van der Waals surface area contributed by atoms with E-state index in [0.717, 1.165) is 28.6 Å². The maximum Gasteiger partial charge on any atom is 0.416 e. The van der Waals surface area contributed by atoms with Crippen molar-refractivity contribution in [3.05, 3.63) is 83.9 Å². The van der Waals surface area contributed by atoms with Crippen molar-refractivity contribution >= 4 is 27.7 Å². The van der Waals surface area contributed by atoms with Crippen LogP contribution in [0.5, 0.6) is 5.75 Å². The third-order valence-corrected chi connectivity index (χ3v) is 5.01. The van der Waals surface area contributed by atoms with E-state index in [-0.39, 0.29) is 11.2 Å². The summed E-state index contributed by atoms with van der Waals surface area (Å²) in [4.78, 5) is 12.2. The zero-order valence-corrected chi connectivity index (χ0v) is 16.8. The topological polar surface area (TPSA) is 63.4 Å². The first-order valence-electron chi connectivity index (χ1n) is 9.70. The predicted molar refractivity (Wildman–Crippen MR) is 115 cm³/mol. The van der Waals surface area contributed by atoms with Gasteiger partial charge in [-0.2, -0.15) is 13.2 Å². The molecule has 0 aliphatic carbocycles. The number of aromatic nitrogens is 2. The summed E-state index contributed by atoms with van der Waals surface area (Å²) >= 11 is 0. The summed E-state index contributed by atoms with van der Waals surface area (Å²) in [6, 6.07) is 19.5. The molecule has 0 unspecified atom stereocenters. The van der Waals surface area contributed by atoms with Crippen LogP contribution >= 0.6 is 0 Å². The molecule has 5 aromatic rings. The molecule has 0 bridgehead atoms. The van der Waals surface area contributed by atoms with E-state index < -0.39 is 11.7 Å². The maximum atomic E-state index is 13.2. The number of H-pyrrole nitrogens is 1. The van der Waals surface area contributed by atoms with Gasteiger partial charge in [-0.3, -0.25) is 0 Å². The van der Waals surface area contributed by atoms with E-state index in [2.05, 4.69) is 15.0 Å². The van der Waals surface area contributed by atoms with Gasteiger partial charge < -0.3 is 14.1 Å². The number of hydrogen-bond acceptors (Lipinski definition) is 4. The molecule has 2 heterocycles. The Hall–Kier alpha value is -4.07. The SMILES string of the molecule is COc1ccc2cc(-c3nc4ccccc4[nH]3)c(=Nc3cccc(C(F)(F)F)c3)oc2c1. The fourth-order valence-corrected chi connectivity index (χ4v) is 3.43. The second kappa shape index (κ2) is 7.56. The molecule has 1 N–H and O–H groups in total. The normalized spacial score (nSPS) is 12.6. The first-order valence-corrected chi connectivity index (χ1v) is 9.70. The molecular weight excluding hydrogens is 419 g/mol. The third kappa shape index (κ3) is 3.71. The van der Waals surface area contributed by atoms with Gasteiger partial charge in [-0.25, -0.2) is 9.98 Å². The van der Waals surface area contributed by atoms with Gasteiger partial charge >= 0.3 is 6.18 Å². The molecule has 8 heteroatoms. The average molecular weight is 435 g/mol. The number of hydrogen-bond donors (Lipinski definition) is 1. The van der Waals surface area contributed by atoms with Crippen LogP contribution in [0.2, 0.25) is 0 Å². The highest BCUT2D eigenvalue weighted by Gasteiger charge is 2.30. The van der Waals surface area contributed by atoms with Crippen molar-refractivity contribution in [3.8, 4) is 17.1 Å². The van der Waals surface area contributed by atoms with Gasteiger partial charge in [-0.1, -0.05) is 18.2 Å². The number of para-hydroxylation sites is 2. The van der Waals surface area contributed by atoms with Crippen molar-refractivity contribution < 1.29 is 22.3 Å². The summed E-state index contributed by atoms with van der Waals surface area (Å²) in [7, 11) is 1.54. The number of alkyl halides is 3. The Labute approximate surface area is 179 Å². The minimum Gasteiger partial charge on any atom is -0.497 e. The minimum atomic E-state index is -4.47. The summed E-state index contributed by atoms with van der Waals surface area (Å²) in [5, 5.41) is 0.768. The summed E-state index contributed by atoms with van der Waals surface area (Å²) in [5.41, 5.74) is 2.04. The van der Waals surface area contributed by atoms with Gasteiger partial charge in [-0.05, 0) is 48.5 Å². The number of halogens is 3. The summed E-state index contributed by atoms with van der Waals surface area (Å²) in [6.45, 7) is 0. The Morgan fingerprint density at radius 1 is 0.969 bits per heavy atom. The van der Waals surface area contributed by atoms with Crippen LogP contribution in [0.15, 0.2) is 82.2 Å². The van der Waals surface area contributed by atoms with Crippen molar-refractivity contribution in [1.29, 1.82) is 0 Å². The first-order chi connectivity index (χ1) is 15.4. The van der Waals surface area contributed by atoms with Crippen molar-refractivity contribution in [2.24, 2.45) is 4.99 Å². The number of aromatic amines is 1. The van der Waals surface area contributed by atoms with Crippen molar-refractivity contribution in [2.45, 2.75) is 6.18 Å². The van der Waals surface area contributed by atoms with Gasteiger partial charge in [0.1, 0.15) is 17.2 Å². The lowest BCUT2D eigenvalue weighted by molar-refractivity contribution is -0.137. The van der Waals surface area contributed by atoms with Crippen LogP contribution in [0.25, 0.3) is 33.4 Å². The molecule has 0 saturated heterocycles. The Morgan fingerprint density at radius 2 is 1.81 bits per heavy atom. The number of nitrogens with one attached hydrogen (secondary N) is 1. The third-order valence-electron chi connectivity index (χ3n) is 5.01. The van der Waals surface area contributed by atoms with Gasteiger partial charge in [0.05, 0.1) is 35.0 Å². The van der Waals surface area contributed by atoms with Crippen LogP contribution in [-0.4, -0.2) is 17.1 Å². The van der Waals surface area contributed by atoms with Crippen molar-refractivity contribution in [3.63, 3.8) is 0 Å². The van der Waals surface area contributed by atoms with Gasteiger partial charge in [0.25, 0.3) is 0 Å². The highest BCUT2D eigenvalue weighted by atomic mass is 19.4. The lowest BCUT2D eigenvalue weighted by atomic mass is 10.1. The highest BCUT2D eigenvalue weighted by Crippen LogP contribution is 2.31. The number of ether oxygens (including phenoxy) is 1. The smallest absolute Gasteiger partial charge is 0.416 e. The van der Waals surface area contributed by atoms with E-state index in [1.54, 1.807) is 12.1 Å². The number of fused-ring (bicyclic) bond motifs is 2. The summed E-state index contributed by atoms with van der Waals surface area (Å²) in [5.74, 6) is 1.08. The Morgan fingerprint density at radius 3 is 2.59 bits per heavy atom. The number of methoxy groups -OCH3 is 1. The average Bonchev–Trinajstić information content (AvgIpc) is 3.22. The number of nitrogens with zero attached hydrogens (tertiary/aromatic N) is 2. The second-order valence-corrected chi connectivity index (χ2v) is 7.13. The molecule has 0 aliphatic rings. The van der Waals surface area contributed by atoms with Crippen LogP contribution < -0.4 is 10.3 Å². The quantitative estimate of drug-likeness (QED) is 0.365. The number of benzene rings is 3. The van der Waals surface area contributed by atoms with E-state index in [4.69, 9.17) is 9.15 Å². The Bertz CT molecular complexity index is 1480. The molecule has 0 atom stereocenters. The predicted octanol–water partition coefficient (Wildman–Crippen LogP) is 6.24. The van der Waals surface area contributed by atoms with Gasteiger partial charge in [0.2, 0.25) is 5.55 Å². The van der Waals surface area contributed by atoms with Crippen LogP contribution in [0.4, 0.5) is 18.9 Å². The van der Waals surface area contributed by atoms with Crippen LogP contribution in [0, 0.1) is 0 Å². The van der Waals surface area contributed by atoms with Gasteiger partial charge in [-0.15, -0.1) is 0 Å². The molecule has 0 aliphatic heterocycles. The molecule has 5 rings (SSSR count). The van der Waals surface area contributed by atoms with Crippen molar-refractivity contribution in [1.82, 2.24) is 9.97 Å². The van der Waals surface area contributed by atoms with E-state index in [1.807, 2.05) is 36.4 Å². The molecule has 0 spiro atoms. The maximum absolute atomic E-state index is 13.2. The summed E-state index contributed by atoms with van der Waals surface area (Å²) < 4.78 is 50.8. The standard InChI is InChI=1S/C24H16F3N3O2/c1-31-17-10-9-14-11-18(22-29-19-7-2-3-8-20(19)30-22)23(32-21(14)13-17)28-16-6-4-5-15(12-16)24(25,26)27/h2-13H,1H3,(H,29,30). The monoisotopic (exact) mass is 435 g/mol. The highest BCUT2D eigenvalue weighted by molar-refractivity contribution is 5.84. The van der Waals surface area contributed by atoms with Crippen LogP contribution in [0.1, 0.15) is 5.56 Å². The molecule has 0 radical (unpaired) electrons. The molecule has 2 aromatic heterocycles. The van der Waals surface area contributed by atoms with Gasteiger partial charge in [0.15, 0.2) is 0 Å². The number of imidazole rings is 1. The lowest BCUT2D eigenvalue weighted by Crippen LogP contribution is -2.07.